The van der Waals surface area contributed by atoms with Crippen molar-refractivity contribution < 1.29 is 4.74 Å². The van der Waals surface area contributed by atoms with E-state index in [1.54, 1.807) is 4.68 Å². The summed E-state index contributed by atoms with van der Waals surface area (Å²) >= 11 is 0. The number of rotatable bonds is 4. The highest BCUT2D eigenvalue weighted by atomic mass is 35.5. The van der Waals surface area contributed by atoms with E-state index < -0.39 is 0 Å². The predicted octanol–water partition coefficient (Wildman–Crippen LogP) is 3.75. The molecule has 6 nitrogen and oxygen atoms in total. The molecule has 0 bridgehead atoms. The molecule has 1 aliphatic rings. The Balaban J connectivity index is 0.00000210. The molecule has 138 valence electrons. The first-order valence-corrected chi connectivity index (χ1v) is 8.58. The molecule has 0 saturated carbocycles. The second-order valence-electron chi connectivity index (χ2n) is 6.25. The Morgan fingerprint density at radius 3 is 2.44 bits per heavy atom. The molecular formula is C20H20ClN5O. The molecule has 1 atom stereocenters. The highest BCUT2D eigenvalue weighted by Crippen LogP contribution is 2.31. The van der Waals surface area contributed by atoms with Crippen LogP contribution in [0, 0.1) is 11.3 Å². The fourth-order valence-corrected chi connectivity index (χ4v) is 3.19. The number of nitrogens with zero attached hydrogens (tertiary/aromatic N) is 3. The normalized spacial score (nSPS) is 15.7. The Bertz CT molecular complexity index is 941. The van der Waals surface area contributed by atoms with Crippen molar-refractivity contribution >= 4 is 18.2 Å². The summed E-state index contributed by atoms with van der Waals surface area (Å²) in [4.78, 5) is 0. The minimum Gasteiger partial charge on any atom is -0.457 e. The molecule has 1 aromatic heterocycles. The first kappa shape index (κ1) is 18.8. The van der Waals surface area contributed by atoms with Crippen molar-refractivity contribution in [2.45, 2.75) is 12.5 Å². The van der Waals surface area contributed by atoms with Crippen LogP contribution in [-0.2, 0) is 0 Å². The topological polar surface area (TPSA) is 88.9 Å². The monoisotopic (exact) mass is 381 g/mol. The molecule has 2 aromatic carbocycles. The zero-order valence-electron chi connectivity index (χ0n) is 14.6. The highest BCUT2D eigenvalue weighted by molar-refractivity contribution is 5.85. The van der Waals surface area contributed by atoms with Gasteiger partial charge in [0.1, 0.15) is 34.6 Å². The maximum atomic E-state index is 9.54. The maximum Gasteiger partial charge on any atom is 0.140 e. The number of anilines is 1. The SMILES string of the molecule is Cl.N#Cc1c(-c2ccc(Oc3ccccc3)cc2)nn(C2CCNC2)c1N. The number of aromatic nitrogens is 2. The lowest BCUT2D eigenvalue weighted by Gasteiger charge is -2.10. The van der Waals surface area contributed by atoms with Gasteiger partial charge in [-0.05, 0) is 49.4 Å². The van der Waals surface area contributed by atoms with Crippen LogP contribution in [0.5, 0.6) is 11.5 Å². The second kappa shape index (κ2) is 8.12. The van der Waals surface area contributed by atoms with Gasteiger partial charge in [-0.3, -0.25) is 0 Å². The van der Waals surface area contributed by atoms with Crippen LogP contribution in [0.15, 0.2) is 54.6 Å². The van der Waals surface area contributed by atoms with Crippen molar-refractivity contribution in [3.05, 3.63) is 60.2 Å². The van der Waals surface area contributed by atoms with Gasteiger partial charge in [0.25, 0.3) is 0 Å². The summed E-state index contributed by atoms with van der Waals surface area (Å²) < 4.78 is 7.59. The smallest absolute Gasteiger partial charge is 0.140 e. The number of nitrogens with one attached hydrogen (secondary N) is 1. The lowest BCUT2D eigenvalue weighted by Crippen LogP contribution is -2.16. The van der Waals surface area contributed by atoms with Crippen LogP contribution in [0.25, 0.3) is 11.3 Å². The summed E-state index contributed by atoms with van der Waals surface area (Å²) in [5.41, 5.74) is 8.07. The number of halogens is 1. The van der Waals surface area contributed by atoms with E-state index in [4.69, 9.17) is 10.5 Å². The number of hydrogen-bond donors (Lipinski definition) is 2. The third kappa shape index (κ3) is 3.75. The molecule has 0 spiro atoms. The van der Waals surface area contributed by atoms with Crippen molar-refractivity contribution in [2.75, 3.05) is 18.8 Å². The molecule has 1 unspecified atom stereocenters. The average Bonchev–Trinajstić information content (AvgIpc) is 3.31. The molecule has 4 rings (SSSR count). The molecule has 1 aliphatic heterocycles. The number of nitrogens with two attached hydrogens (primary N) is 1. The standard InChI is InChI=1S/C20H19N5O.ClH/c21-12-18-19(24-25(20(18)22)15-10-11-23-13-15)14-6-8-17(9-7-14)26-16-4-2-1-3-5-16;/h1-9,15,23H,10-11,13,22H2;1H. The van der Waals surface area contributed by atoms with Gasteiger partial charge in [-0.25, -0.2) is 4.68 Å². The van der Waals surface area contributed by atoms with Gasteiger partial charge < -0.3 is 15.8 Å². The molecule has 1 fully saturated rings. The Labute approximate surface area is 164 Å². The van der Waals surface area contributed by atoms with E-state index >= 15 is 0 Å². The lowest BCUT2D eigenvalue weighted by atomic mass is 10.1. The third-order valence-electron chi connectivity index (χ3n) is 4.55. The van der Waals surface area contributed by atoms with E-state index in [-0.39, 0.29) is 18.4 Å². The molecule has 27 heavy (non-hydrogen) atoms. The minimum atomic E-state index is 0. The van der Waals surface area contributed by atoms with Crippen molar-refractivity contribution in [2.24, 2.45) is 0 Å². The summed E-state index contributed by atoms with van der Waals surface area (Å²) in [5.74, 6) is 1.94. The summed E-state index contributed by atoms with van der Waals surface area (Å²) in [6.45, 7) is 1.76. The highest BCUT2D eigenvalue weighted by Gasteiger charge is 2.24. The van der Waals surface area contributed by atoms with Crippen LogP contribution < -0.4 is 15.8 Å². The van der Waals surface area contributed by atoms with Gasteiger partial charge >= 0.3 is 0 Å². The van der Waals surface area contributed by atoms with Gasteiger partial charge in [-0.15, -0.1) is 12.4 Å². The number of hydrogen-bond acceptors (Lipinski definition) is 5. The van der Waals surface area contributed by atoms with Crippen molar-refractivity contribution in [1.82, 2.24) is 15.1 Å². The Morgan fingerprint density at radius 2 is 1.81 bits per heavy atom. The van der Waals surface area contributed by atoms with Gasteiger partial charge in [-0.1, -0.05) is 18.2 Å². The molecule has 3 N–H and O–H groups in total. The number of ether oxygens (including phenoxy) is 1. The Kier molecular flexibility index (Phi) is 5.65. The summed E-state index contributed by atoms with van der Waals surface area (Å²) in [6.07, 6.45) is 0.958. The van der Waals surface area contributed by atoms with Gasteiger partial charge in [0.2, 0.25) is 0 Å². The maximum absolute atomic E-state index is 9.54. The quantitative estimate of drug-likeness (QED) is 0.718. The first-order valence-electron chi connectivity index (χ1n) is 8.58. The summed E-state index contributed by atoms with van der Waals surface area (Å²) in [7, 11) is 0. The van der Waals surface area contributed by atoms with E-state index in [9.17, 15) is 5.26 Å². The first-order chi connectivity index (χ1) is 12.8. The van der Waals surface area contributed by atoms with Crippen LogP contribution in [0.4, 0.5) is 5.82 Å². The van der Waals surface area contributed by atoms with Crippen LogP contribution in [0.2, 0.25) is 0 Å². The third-order valence-corrected chi connectivity index (χ3v) is 4.55. The number of benzene rings is 2. The molecule has 7 heteroatoms. The van der Waals surface area contributed by atoms with E-state index in [0.717, 1.165) is 36.6 Å². The molecule has 3 aromatic rings. The molecule has 0 radical (unpaired) electrons. The number of para-hydroxylation sites is 1. The number of nitriles is 1. The van der Waals surface area contributed by atoms with Crippen LogP contribution in [0.1, 0.15) is 18.0 Å². The zero-order valence-corrected chi connectivity index (χ0v) is 15.4. The molecule has 1 saturated heterocycles. The lowest BCUT2D eigenvalue weighted by molar-refractivity contribution is 0.482. The van der Waals surface area contributed by atoms with Crippen LogP contribution in [-0.4, -0.2) is 22.9 Å². The second-order valence-corrected chi connectivity index (χ2v) is 6.25. The van der Waals surface area contributed by atoms with Gasteiger partial charge in [0, 0.05) is 12.1 Å². The fourth-order valence-electron chi connectivity index (χ4n) is 3.19. The van der Waals surface area contributed by atoms with Gasteiger partial charge in [0.05, 0.1) is 6.04 Å². The minimum absolute atomic E-state index is 0. The van der Waals surface area contributed by atoms with Crippen molar-refractivity contribution in [3.8, 4) is 28.8 Å². The molecule has 0 amide bonds. The van der Waals surface area contributed by atoms with Crippen LogP contribution in [0.3, 0.4) is 0 Å². The van der Waals surface area contributed by atoms with E-state index in [0.29, 0.717) is 17.1 Å². The fraction of sp³-hybridized carbons (Fsp3) is 0.200. The summed E-state index contributed by atoms with van der Waals surface area (Å²) in [5, 5.41) is 17.5. The van der Waals surface area contributed by atoms with E-state index in [1.165, 1.54) is 0 Å². The largest absolute Gasteiger partial charge is 0.457 e. The summed E-state index contributed by atoms with van der Waals surface area (Å²) in [6, 6.07) is 19.5. The predicted molar refractivity (Wildman–Crippen MR) is 107 cm³/mol. The molecular weight excluding hydrogens is 362 g/mol. The Hall–Kier alpha value is -3.01. The molecule has 2 heterocycles. The number of nitrogen functional groups attached to an aromatic ring is 1. The van der Waals surface area contributed by atoms with Crippen molar-refractivity contribution in [3.63, 3.8) is 0 Å². The van der Waals surface area contributed by atoms with Gasteiger partial charge in [0.15, 0.2) is 0 Å². The van der Waals surface area contributed by atoms with Crippen molar-refractivity contribution in [1.29, 1.82) is 5.26 Å². The van der Waals surface area contributed by atoms with Crippen LogP contribution >= 0.6 is 12.4 Å². The van der Waals surface area contributed by atoms with Gasteiger partial charge in [-0.2, -0.15) is 10.4 Å². The Morgan fingerprint density at radius 1 is 1.11 bits per heavy atom. The zero-order chi connectivity index (χ0) is 17.9. The molecule has 0 aliphatic carbocycles. The average molecular weight is 382 g/mol. The van der Waals surface area contributed by atoms with E-state index in [2.05, 4.69) is 16.5 Å². The van der Waals surface area contributed by atoms with E-state index in [1.807, 2.05) is 54.6 Å².